The molecule has 276 valence electrons. The molecule has 6 aromatic carbocycles. The SMILES string of the molecule is c1ccc([P+](CCC[n+]2ccc(-c3cc[n+](CCC[PH](c4ccccc4)(c4ccccc4)c4ccccc4)cc3)cc2)(c2ccccc2)c2ccccc2)cc1. The molecule has 0 fully saturated rings. The van der Waals surface area contributed by atoms with Crippen molar-refractivity contribution >= 4 is 46.4 Å². The number of hydrogen-bond acceptors (Lipinski definition) is 0. The molecule has 0 atom stereocenters. The Morgan fingerprint density at radius 1 is 0.339 bits per heavy atom. The molecule has 0 aliphatic heterocycles. The fourth-order valence-corrected chi connectivity index (χ4v) is 17.8. The molecule has 0 spiro atoms. The Hall–Kier alpha value is -5.52. The zero-order valence-electron chi connectivity index (χ0n) is 32.0. The van der Waals surface area contributed by atoms with E-state index in [9.17, 15) is 0 Å². The second-order valence-electron chi connectivity index (χ2n) is 14.6. The van der Waals surface area contributed by atoms with Crippen LogP contribution in [0.15, 0.2) is 231 Å². The predicted octanol–water partition coefficient (Wildman–Crippen LogP) is 8.43. The minimum atomic E-state index is -2.23. The van der Waals surface area contributed by atoms with Gasteiger partial charge in [0.05, 0.1) is 6.16 Å². The van der Waals surface area contributed by atoms with Crippen molar-refractivity contribution in [3.8, 4) is 11.1 Å². The van der Waals surface area contributed by atoms with Crippen molar-refractivity contribution in [2.24, 2.45) is 0 Å². The Morgan fingerprint density at radius 2 is 0.643 bits per heavy atom. The first kappa shape index (κ1) is 37.4. The van der Waals surface area contributed by atoms with E-state index in [2.05, 4.69) is 240 Å². The van der Waals surface area contributed by atoms with Crippen LogP contribution in [-0.4, -0.2) is 12.3 Å². The molecule has 0 N–H and O–H groups in total. The number of aryl methyl sites for hydroxylation is 2. The van der Waals surface area contributed by atoms with Gasteiger partial charge in [-0.2, -0.15) is 0 Å². The summed E-state index contributed by atoms with van der Waals surface area (Å²) in [5.74, 6) is 0. The smallest absolute Gasteiger partial charge is 0.0620 e. The Morgan fingerprint density at radius 3 is 0.982 bits per heavy atom. The van der Waals surface area contributed by atoms with Gasteiger partial charge >= 0.3 is 209 Å². The second-order valence-corrected chi connectivity index (χ2v) is 22.3. The van der Waals surface area contributed by atoms with Crippen molar-refractivity contribution in [3.63, 3.8) is 0 Å². The van der Waals surface area contributed by atoms with Crippen molar-refractivity contribution in [1.29, 1.82) is 0 Å². The largest absolute Gasteiger partial charge is 0.104 e. The molecular weight excluding hydrogens is 715 g/mol. The standard InChI is InChI=1S/C52H51N2P2/c1-7-21-47(22-8-1)55(48-23-9-2-10-24-48,49-25-11-3-12-26-49)43-19-37-53-39-33-45(34-40-53)46-35-41-54(42-36-46)38-20-44-56(50-27-13-4-14-28-50,51-29-15-5-16-30-51)52-31-17-6-18-32-52/h1-18,21-36,39-42,55H,19-20,37-38,43-44H2/q+3. The van der Waals surface area contributed by atoms with E-state index >= 15 is 0 Å². The summed E-state index contributed by atoms with van der Waals surface area (Å²) in [5.41, 5.74) is 2.49. The van der Waals surface area contributed by atoms with Crippen LogP contribution in [0.4, 0.5) is 0 Å². The second kappa shape index (κ2) is 18.0. The van der Waals surface area contributed by atoms with Gasteiger partial charge < -0.3 is 0 Å². The predicted molar refractivity (Wildman–Crippen MR) is 243 cm³/mol. The van der Waals surface area contributed by atoms with E-state index < -0.39 is 14.5 Å². The molecule has 8 aromatic rings. The van der Waals surface area contributed by atoms with Crippen LogP contribution in [0.25, 0.3) is 11.1 Å². The fourth-order valence-electron chi connectivity index (χ4n) is 8.60. The van der Waals surface area contributed by atoms with E-state index in [4.69, 9.17) is 0 Å². The van der Waals surface area contributed by atoms with E-state index in [1.54, 1.807) is 0 Å². The van der Waals surface area contributed by atoms with Crippen molar-refractivity contribution in [1.82, 2.24) is 0 Å². The van der Waals surface area contributed by atoms with Crippen LogP contribution in [0.1, 0.15) is 12.8 Å². The average molecular weight is 766 g/mol. The average Bonchev–Trinajstić information content (AvgIpc) is 3.29. The molecule has 8 rings (SSSR count). The first-order valence-corrected chi connectivity index (χ1v) is 24.1. The number of benzene rings is 6. The van der Waals surface area contributed by atoms with Crippen LogP contribution >= 0.6 is 14.5 Å². The number of nitrogens with zero attached hydrogens (tertiary/aromatic N) is 2. The molecule has 4 heteroatoms. The Labute approximate surface area is 334 Å². The van der Waals surface area contributed by atoms with Crippen LogP contribution in [0.2, 0.25) is 0 Å². The van der Waals surface area contributed by atoms with Gasteiger partial charge in [-0.15, -0.1) is 0 Å². The minimum Gasteiger partial charge on any atom is -0.0620 e. The summed E-state index contributed by atoms with van der Waals surface area (Å²) in [7, 11) is -4.06. The van der Waals surface area contributed by atoms with Gasteiger partial charge in [-0.05, 0) is 36.4 Å². The molecule has 0 amide bonds. The molecule has 0 unspecified atom stereocenters. The summed E-state index contributed by atoms with van der Waals surface area (Å²) in [4.78, 5) is 0. The maximum atomic E-state index is 2.36. The third kappa shape index (κ3) is 8.06. The van der Waals surface area contributed by atoms with E-state index in [0.717, 1.165) is 38.3 Å². The topological polar surface area (TPSA) is 7.76 Å². The molecule has 0 saturated carbocycles. The number of pyridine rings is 2. The van der Waals surface area contributed by atoms with Crippen LogP contribution in [0, 0.1) is 0 Å². The summed E-state index contributed by atoms with van der Waals surface area (Å²) in [6.45, 7) is 1.96. The molecule has 0 radical (unpaired) electrons. The molecule has 0 aliphatic carbocycles. The van der Waals surface area contributed by atoms with Crippen molar-refractivity contribution in [2.75, 3.05) is 12.3 Å². The summed E-state index contributed by atoms with van der Waals surface area (Å²) < 4.78 is 4.71. The summed E-state index contributed by atoms with van der Waals surface area (Å²) >= 11 is 0. The normalized spacial score (nSPS) is 11.9. The molecule has 0 saturated heterocycles. The summed E-state index contributed by atoms with van der Waals surface area (Å²) in [6.07, 6.45) is 13.5. The van der Waals surface area contributed by atoms with E-state index in [-0.39, 0.29) is 0 Å². The Balaban J connectivity index is 0.954. The molecule has 2 heterocycles. The maximum absolute atomic E-state index is 2.36. The van der Waals surface area contributed by atoms with Crippen molar-refractivity contribution < 1.29 is 9.13 Å². The summed E-state index contributed by atoms with van der Waals surface area (Å²) in [5, 5.41) is 8.77. The molecule has 2 aromatic heterocycles. The van der Waals surface area contributed by atoms with Crippen molar-refractivity contribution in [2.45, 2.75) is 25.9 Å². The zero-order valence-corrected chi connectivity index (χ0v) is 33.9. The van der Waals surface area contributed by atoms with Gasteiger partial charge in [-0.1, -0.05) is 54.6 Å². The number of hydrogen-bond donors (Lipinski definition) is 0. The molecule has 56 heavy (non-hydrogen) atoms. The van der Waals surface area contributed by atoms with Crippen LogP contribution < -0.4 is 41.0 Å². The number of rotatable bonds is 15. The van der Waals surface area contributed by atoms with Gasteiger partial charge in [0.25, 0.3) is 0 Å². The van der Waals surface area contributed by atoms with Gasteiger partial charge in [0.2, 0.25) is 0 Å². The first-order chi connectivity index (χ1) is 27.8. The van der Waals surface area contributed by atoms with E-state index in [1.807, 2.05) is 0 Å². The molecular formula is C52H51N2P2+3. The third-order valence-electron chi connectivity index (χ3n) is 11.4. The molecule has 0 aliphatic rings. The van der Waals surface area contributed by atoms with Gasteiger partial charge in [0.15, 0.2) is 0 Å². The molecule has 0 bridgehead atoms. The van der Waals surface area contributed by atoms with Crippen molar-refractivity contribution in [3.05, 3.63) is 231 Å². The van der Waals surface area contributed by atoms with E-state index in [1.165, 1.54) is 43.0 Å². The van der Waals surface area contributed by atoms with Crippen LogP contribution in [-0.2, 0) is 13.1 Å². The summed E-state index contributed by atoms with van der Waals surface area (Å²) in [6, 6.07) is 76.5. The molecule has 2 nitrogen and oxygen atoms in total. The third-order valence-corrected chi connectivity index (χ3v) is 21.0. The Bertz CT molecular complexity index is 2010. The zero-order chi connectivity index (χ0) is 37.9. The van der Waals surface area contributed by atoms with Gasteiger partial charge in [0, 0.05) is 6.42 Å². The fraction of sp³-hybridized carbons (Fsp3) is 0.115. The van der Waals surface area contributed by atoms with Crippen LogP contribution in [0.5, 0.6) is 0 Å². The van der Waals surface area contributed by atoms with Gasteiger partial charge in [-0.25, -0.2) is 0 Å². The first-order valence-electron chi connectivity index (χ1n) is 20.0. The van der Waals surface area contributed by atoms with Crippen LogP contribution in [0.3, 0.4) is 0 Å². The number of aromatic nitrogens is 2. The van der Waals surface area contributed by atoms with Gasteiger partial charge in [0.1, 0.15) is 23.2 Å². The Kier molecular flexibility index (Phi) is 12.0. The van der Waals surface area contributed by atoms with Gasteiger partial charge in [-0.3, -0.25) is 0 Å². The van der Waals surface area contributed by atoms with E-state index in [0.29, 0.717) is 0 Å². The maximum Gasteiger partial charge on any atom is 0.104 e. The monoisotopic (exact) mass is 765 g/mol. The minimum absolute atomic E-state index is 0.975. The quantitative estimate of drug-likeness (QED) is 0.0732.